The summed E-state index contributed by atoms with van der Waals surface area (Å²) in [5.74, 6) is 0.0220. The number of nitrogens with zero attached hydrogens (tertiary/aromatic N) is 2. The molecule has 0 unspecified atom stereocenters. The summed E-state index contributed by atoms with van der Waals surface area (Å²) in [5.41, 5.74) is -0.636. The highest BCUT2D eigenvalue weighted by Gasteiger charge is 2.31. The minimum absolute atomic E-state index is 0.195. The Labute approximate surface area is 143 Å². The first kappa shape index (κ1) is 20.1. The topological polar surface area (TPSA) is 99.2 Å². The second kappa shape index (κ2) is 8.21. The van der Waals surface area contributed by atoms with E-state index in [1.807, 2.05) is 13.8 Å². The molecule has 0 saturated carbocycles. The molecule has 0 aliphatic carbocycles. The van der Waals surface area contributed by atoms with Crippen LogP contribution in [0.3, 0.4) is 0 Å². The second-order valence-electron chi connectivity index (χ2n) is 7.42. The lowest BCUT2D eigenvalue weighted by molar-refractivity contribution is -0.135. The quantitative estimate of drug-likeness (QED) is 0.810. The van der Waals surface area contributed by atoms with Crippen LogP contribution in [0.4, 0.5) is 9.59 Å². The van der Waals surface area contributed by atoms with Gasteiger partial charge in [0.15, 0.2) is 0 Å². The molecule has 0 spiro atoms. The van der Waals surface area contributed by atoms with Crippen LogP contribution < -0.4 is 5.32 Å². The monoisotopic (exact) mass is 343 g/mol. The van der Waals surface area contributed by atoms with Crippen molar-refractivity contribution in [3.8, 4) is 0 Å². The van der Waals surface area contributed by atoms with E-state index in [0.717, 1.165) is 0 Å². The summed E-state index contributed by atoms with van der Waals surface area (Å²) in [6, 6.07) is -0.670. The summed E-state index contributed by atoms with van der Waals surface area (Å²) >= 11 is 0. The molecule has 0 aromatic carbocycles. The van der Waals surface area contributed by atoms with Gasteiger partial charge in [0, 0.05) is 26.2 Å². The number of hydrogen-bond acceptors (Lipinski definition) is 4. The van der Waals surface area contributed by atoms with Crippen LogP contribution in [0.1, 0.15) is 41.0 Å². The summed E-state index contributed by atoms with van der Waals surface area (Å²) in [7, 11) is 0. The third-order valence-corrected chi connectivity index (χ3v) is 3.56. The SMILES string of the molecule is CC(C)C[C@H](NC(=O)OC(C)(C)C)C(=O)N1CCN(C(=O)O)CC1. The number of hydrogen-bond donors (Lipinski definition) is 2. The molecule has 1 aliphatic heterocycles. The second-order valence-corrected chi connectivity index (χ2v) is 7.42. The predicted molar refractivity (Wildman–Crippen MR) is 88.8 cm³/mol. The Bertz CT molecular complexity index is 465. The number of alkyl carbamates (subject to hydrolysis) is 1. The van der Waals surface area contributed by atoms with E-state index in [0.29, 0.717) is 19.5 Å². The minimum atomic E-state index is -0.979. The van der Waals surface area contributed by atoms with Crippen LogP contribution in [-0.2, 0) is 9.53 Å². The maximum atomic E-state index is 12.7. The largest absolute Gasteiger partial charge is 0.465 e. The van der Waals surface area contributed by atoms with E-state index in [1.54, 1.807) is 25.7 Å². The molecular formula is C16H29N3O5. The van der Waals surface area contributed by atoms with Crippen molar-refractivity contribution in [3.63, 3.8) is 0 Å². The summed E-state index contributed by atoms with van der Waals surface area (Å²) in [4.78, 5) is 38.5. The zero-order valence-electron chi connectivity index (χ0n) is 15.2. The zero-order chi connectivity index (χ0) is 18.5. The van der Waals surface area contributed by atoms with Crippen LogP contribution in [0.2, 0.25) is 0 Å². The highest BCUT2D eigenvalue weighted by molar-refractivity contribution is 5.86. The molecule has 2 N–H and O–H groups in total. The first-order valence-electron chi connectivity index (χ1n) is 8.25. The fourth-order valence-electron chi connectivity index (χ4n) is 2.48. The average molecular weight is 343 g/mol. The molecular weight excluding hydrogens is 314 g/mol. The maximum Gasteiger partial charge on any atom is 0.408 e. The van der Waals surface area contributed by atoms with Gasteiger partial charge in [-0.3, -0.25) is 4.79 Å². The fraction of sp³-hybridized carbons (Fsp3) is 0.812. The van der Waals surface area contributed by atoms with E-state index in [9.17, 15) is 14.4 Å². The highest BCUT2D eigenvalue weighted by atomic mass is 16.6. The molecule has 8 nitrogen and oxygen atoms in total. The highest BCUT2D eigenvalue weighted by Crippen LogP contribution is 2.13. The van der Waals surface area contributed by atoms with Crippen LogP contribution in [0.25, 0.3) is 0 Å². The first-order chi connectivity index (χ1) is 11.0. The Morgan fingerprint density at radius 3 is 2.00 bits per heavy atom. The van der Waals surface area contributed by atoms with Crippen LogP contribution in [0.15, 0.2) is 0 Å². The average Bonchev–Trinajstić information content (AvgIpc) is 2.43. The molecule has 0 aromatic rings. The van der Waals surface area contributed by atoms with Crippen LogP contribution >= 0.6 is 0 Å². The van der Waals surface area contributed by atoms with E-state index in [4.69, 9.17) is 9.84 Å². The van der Waals surface area contributed by atoms with Crippen LogP contribution in [0, 0.1) is 5.92 Å². The Morgan fingerprint density at radius 2 is 1.58 bits per heavy atom. The molecule has 1 atom stereocenters. The lowest BCUT2D eigenvalue weighted by Crippen LogP contribution is -2.56. The molecule has 24 heavy (non-hydrogen) atoms. The number of carbonyl (C=O) groups is 3. The van der Waals surface area contributed by atoms with Crippen molar-refractivity contribution >= 4 is 18.1 Å². The van der Waals surface area contributed by atoms with Crippen molar-refractivity contribution in [2.45, 2.75) is 52.7 Å². The van der Waals surface area contributed by atoms with E-state index < -0.39 is 23.8 Å². The van der Waals surface area contributed by atoms with Gasteiger partial charge in [0.25, 0.3) is 0 Å². The van der Waals surface area contributed by atoms with Gasteiger partial charge in [0.05, 0.1) is 0 Å². The van der Waals surface area contributed by atoms with Gasteiger partial charge in [0.1, 0.15) is 11.6 Å². The predicted octanol–water partition coefficient (Wildman–Crippen LogP) is 1.75. The Morgan fingerprint density at radius 1 is 1.08 bits per heavy atom. The number of carboxylic acid groups (broad SMARTS) is 1. The summed E-state index contributed by atoms with van der Waals surface area (Å²) in [6.07, 6.45) is -1.10. The first-order valence-corrected chi connectivity index (χ1v) is 8.25. The Kier molecular flexibility index (Phi) is 6.86. The van der Waals surface area contributed by atoms with Gasteiger partial charge >= 0.3 is 12.2 Å². The molecule has 3 amide bonds. The third-order valence-electron chi connectivity index (χ3n) is 3.56. The van der Waals surface area contributed by atoms with E-state index in [1.165, 1.54) is 4.90 Å². The molecule has 1 heterocycles. The molecule has 1 saturated heterocycles. The lowest BCUT2D eigenvalue weighted by Gasteiger charge is -2.35. The standard InChI is InChI=1S/C16H29N3O5/c1-11(2)10-12(17-14(21)24-16(3,4)5)13(20)18-6-8-19(9-7-18)15(22)23/h11-12H,6-10H2,1-5H3,(H,17,21)(H,22,23)/t12-/m0/s1. The van der Waals surface area contributed by atoms with Gasteiger partial charge in [0.2, 0.25) is 5.91 Å². The van der Waals surface area contributed by atoms with Crippen LogP contribution in [0.5, 0.6) is 0 Å². The van der Waals surface area contributed by atoms with E-state index >= 15 is 0 Å². The van der Waals surface area contributed by atoms with E-state index in [2.05, 4.69) is 5.32 Å². The van der Waals surface area contributed by atoms with Gasteiger partial charge in [-0.2, -0.15) is 0 Å². The van der Waals surface area contributed by atoms with Crippen molar-refractivity contribution in [2.24, 2.45) is 5.92 Å². The molecule has 0 radical (unpaired) electrons. The number of carbonyl (C=O) groups excluding carboxylic acids is 2. The summed E-state index contributed by atoms with van der Waals surface area (Å²) in [6.45, 7) is 10.4. The van der Waals surface area contributed by atoms with Gasteiger partial charge in [-0.1, -0.05) is 13.8 Å². The molecule has 1 rings (SSSR count). The summed E-state index contributed by atoms with van der Waals surface area (Å²) < 4.78 is 5.23. The van der Waals surface area contributed by atoms with Gasteiger partial charge < -0.3 is 25.0 Å². The minimum Gasteiger partial charge on any atom is -0.465 e. The molecule has 138 valence electrons. The Hall–Kier alpha value is -1.99. The number of nitrogens with one attached hydrogen (secondary N) is 1. The van der Waals surface area contributed by atoms with Crippen molar-refractivity contribution in [2.75, 3.05) is 26.2 Å². The lowest BCUT2D eigenvalue weighted by atomic mass is 10.0. The summed E-state index contributed by atoms with van der Waals surface area (Å²) in [5, 5.41) is 11.6. The number of piperazine rings is 1. The fourth-order valence-corrected chi connectivity index (χ4v) is 2.48. The molecule has 1 fully saturated rings. The Balaban J connectivity index is 2.68. The van der Waals surface area contributed by atoms with E-state index in [-0.39, 0.29) is 24.9 Å². The van der Waals surface area contributed by atoms with Crippen molar-refractivity contribution in [1.29, 1.82) is 0 Å². The molecule has 1 aliphatic rings. The van der Waals surface area contributed by atoms with Crippen molar-refractivity contribution in [3.05, 3.63) is 0 Å². The molecule has 0 aromatic heterocycles. The maximum absolute atomic E-state index is 12.7. The zero-order valence-corrected chi connectivity index (χ0v) is 15.2. The van der Waals surface area contributed by atoms with Gasteiger partial charge in [-0.15, -0.1) is 0 Å². The van der Waals surface area contributed by atoms with Gasteiger partial charge in [-0.05, 0) is 33.1 Å². The number of amides is 3. The van der Waals surface area contributed by atoms with Crippen molar-refractivity contribution in [1.82, 2.24) is 15.1 Å². The number of ether oxygens (including phenoxy) is 1. The van der Waals surface area contributed by atoms with Gasteiger partial charge in [-0.25, -0.2) is 9.59 Å². The number of rotatable bonds is 4. The normalized spacial score (nSPS) is 16.8. The van der Waals surface area contributed by atoms with Crippen LogP contribution in [-0.4, -0.2) is 70.8 Å². The van der Waals surface area contributed by atoms with Crippen molar-refractivity contribution < 1.29 is 24.2 Å². The molecule has 0 bridgehead atoms. The molecule has 8 heteroatoms. The smallest absolute Gasteiger partial charge is 0.408 e. The third kappa shape index (κ3) is 6.64.